The Balaban J connectivity index is 1.65. The minimum absolute atomic E-state index is 0.110. The first-order chi connectivity index (χ1) is 13.2. The summed E-state index contributed by atoms with van der Waals surface area (Å²) in [6.07, 6.45) is 14.1. The highest BCUT2D eigenvalue weighted by atomic mass is 19.1. The summed E-state index contributed by atoms with van der Waals surface area (Å²) in [5, 5.41) is 0. The molecule has 1 saturated carbocycles. The zero-order valence-corrected chi connectivity index (χ0v) is 16.9. The minimum Gasteiger partial charge on any atom is -0.206 e. The lowest BCUT2D eigenvalue weighted by Gasteiger charge is -2.28. The van der Waals surface area contributed by atoms with Crippen molar-refractivity contribution in [3.05, 3.63) is 71.6 Å². The third kappa shape index (κ3) is 5.31. The Labute approximate surface area is 164 Å². The van der Waals surface area contributed by atoms with Crippen LogP contribution < -0.4 is 0 Å². The zero-order chi connectivity index (χ0) is 19.1. The lowest BCUT2D eigenvalue weighted by atomic mass is 9.77. The van der Waals surface area contributed by atoms with E-state index in [0.717, 1.165) is 29.9 Å². The van der Waals surface area contributed by atoms with Gasteiger partial charge in [-0.25, -0.2) is 4.39 Å². The van der Waals surface area contributed by atoms with E-state index in [2.05, 4.69) is 43.3 Å². The SMILES string of the molecule is C/C=C/CCc1ccc(-c2ccc(C3CCC(CCC)CC3)cc2)c(F)c1. The molecule has 0 unspecified atom stereocenters. The average Bonchev–Trinajstić information content (AvgIpc) is 2.69. The van der Waals surface area contributed by atoms with Gasteiger partial charge in [0.25, 0.3) is 0 Å². The van der Waals surface area contributed by atoms with Gasteiger partial charge >= 0.3 is 0 Å². The van der Waals surface area contributed by atoms with Gasteiger partial charge in [-0.1, -0.05) is 68.3 Å². The van der Waals surface area contributed by atoms with Crippen LogP contribution in [0.15, 0.2) is 54.6 Å². The topological polar surface area (TPSA) is 0 Å². The van der Waals surface area contributed by atoms with Crippen LogP contribution in [0, 0.1) is 11.7 Å². The van der Waals surface area contributed by atoms with Crippen LogP contribution in [0.25, 0.3) is 11.1 Å². The molecule has 0 amide bonds. The van der Waals surface area contributed by atoms with Crippen LogP contribution in [-0.4, -0.2) is 0 Å². The highest BCUT2D eigenvalue weighted by Crippen LogP contribution is 2.38. The van der Waals surface area contributed by atoms with Crippen LogP contribution in [-0.2, 0) is 6.42 Å². The minimum atomic E-state index is -0.110. The first kappa shape index (κ1) is 19.9. The van der Waals surface area contributed by atoms with Crippen molar-refractivity contribution >= 4 is 0 Å². The number of rotatable bonds is 7. The van der Waals surface area contributed by atoms with E-state index in [1.54, 1.807) is 6.07 Å². The van der Waals surface area contributed by atoms with Crippen LogP contribution in [0.1, 0.15) is 75.8 Å². The van der Waals surface area contributed by atoms with E-state index < -0.39 is 0 Å². The molecule has 0 aromatic heterocycles. The predicted octanol–water partition coefficient (Wildman–Crippen LogP) is 8.08. The zero-order valence-electron chi connectivity index (χ0n) is 16.9. The fourth-order valence-corrected chi connectivity index (χ4v) is 4.49. The van der Waals surface area contributed by atoms with Crippen molar-refractivity contribution in [2.24, 2.45) is 5.92 Å². The van der Waals surface area contributed by atoms with E-state index in [1.807, 2.05) is 19.1 Å². The van der Waals surface area contributed by atoms with Crippen LogP contribution in [0.2, 0.25) is 0 Å². The molecule has 144 valence electrons. The number of aryl methyl sites for hydroxylation is 1. The fourth-order valence-electron chi connectivity index (χ4n) is 4.49. The van der Waals surface area contributed by atoms with Crippen LogP contribution in [0.3, 0.4) is 0 Å². The van der Waals surface area contributed by atoms with Crippen molar-refractivity contribution in [2.45, 2.75) is 71.1 Å². The highest BCUT2D eigenvalue weighted by molar-refractivity contribution is 5.65. The monoisotopic (exact) mass is 364 g/mol. The Morgan fingerprint density at radius 1 is 1.00 bits per heavy atom. The van der Waals surface area contributed by atoms with Gasteiger partial charge in [0.2, 0.25) is 0 Å². The van der Waals surface area contributed by atoms with Gasteiger partial charge in [0.05, 0.1) is 0 Å². The molecule has 0 nitrogen and oxygen atoms in total. The molecule has 0 atom stereocenters. The van der Waals surface area contributed by atoms with Gasteiger partial charge in [-0.2, -0.15) is 0 Å². The number of hydrogen-bond acceptors (Lipinski definition) is 0. The largest absolute Gasteiger partial charge is 0.206 e. The molecule has 3 rings (SSSR count). The summed E-state index contributed by atoms with van der Waals surface area (Å²) < 4.78 is 14.6. The Morgan fingerprint density at radius 3 is 2.37 bits per heavy atom. The van der Waals surface area contributed by atoms with E-state index >= 15 is 0 Å². The van der Waals surface area contributed by atoms with E-state index in [-0.39, 0.29) is 5.82 Å². The third-order valence-corrected chi connectivity index (χ3v) is 6.11. The van der Waals surface area contributed by atoms with E-state index in [1.165, 1.54) is 44.1 Å². The van der Waals surface area contributed by atoms with E-state index in [0.29, 0.717) is 11.5 Å². The van der Waals surface area contributed by atoms with Crippen molar-refractivity contribution in [3.63, 3.8) is 0 Å². The molecule has 2 aromatic rings. The Kier molecular flexibility index (Phi) is 7.26. The summed E-state index contributed by atoms with van der Waals surface area (Å²) in [4.78, 5) is 0. The van der Waals surface area contributed by atoms with Gasteiger partial charge in [-0.15, -0.1) is 0 Å². The molecule has 1 aliphatic rings. The lowest BCUT2D eigenvalue weighted by Crippen LogP contribution is -2.13. The molecule has 1 fully saturated rings. The Morgan fingerprint density at radius 2 is 1.74 bits per heavy atom. The normalized spacial score (nSPS) is 20.3. The first-order valence-corrected chi connectivity index (χ1v) is 10.7. The lowest BCUT2D eigenvalue weighted by molar-refractivity contribution is 0.308. The van der Waals surface area contributed by atoms with Crippen molar-refractivity contribution in [2.75, 3.05) is 0 Å². The molecular weight excluding hydrogens is 331 g/mol. The molecule has 1 heteroatoms. The van der Waals surface area contributed by atoms with Gasteiger partial charge in [0.15, 0.2) is 0 Å². The van der Waals surface area contributed by atoms with Crippen molar-refractivity contribution in [1.29, 1.82) is 0 Å². The van der Waals surface area contributed by atoms with Gasteiger partial charge in [-0.05, 0) is 80.0 Å². The van der Waals surface area contributed by atoms with Gasteiger partial charge in [0, 0.05) is 5.56 Å². The van der Waals surface area contributed by atoms with Crippen LogP contribution in [0.5, 0.6) is 0 Å². The van der Waals surface area contributed by atoms with E-state index in [4.69, 9.17) is 0 Å². The van der Waals surface area contributed by atoms with Crippen LogP contribution in [0.4, 0.5) is 4.39 Å². The molecule has 0 N–H and O–H groups in total. The molecule has 0 bridgehead atoms. The molecule has 27 heavy (non-hydrogen) atoms. The number of hydrogen-bond donors (Lipinski definition) is 0. The molecule has 0 heterocycles. The number of halogens is 1. The maximum atomic E-state index is 14.6. The molecule has 2 aromatic carbocycles. The van der Waals surface area contributed by atoms with Gasteiger partial charge in [0.1, 0.15) is 5.82 Å². The maximum Gasteiger partial charge on any atom is 0.131 e. The van der Waals surface area contributed by atoms with Crippen molar-refractivity contribution in [3.8, 4) is 11.1 Å². The predicted molar refractivity (Wildman–Crippen MR) is 115 cm³/mol. The molecule has 1 aliphatic carbocycles. The first-order valence-electron chi connectivity index (χ1n) is 10.7. The summed E-state index contributed by atoms with van der Waals surface area (Å²) in [7, 11) is 0. The summed E-state index contributed by atoms with van der Waals surface area (Å²) in [5.74, 6) is 1.51. The van der Waals surface area contributed by atoms with Crippen LogP contribution >= 0.6 is 0 Å². The molecular formula is C26H33F. The van der Waals surface area contributed by atoms with Gasteiger partial charge in [-0.3, -0.25) is 0 Å². The average molecular weight is 365 g/mol. The fraction of sp³-hybridized carbons (Fsp3) is 0.462. The number of allylic oxidation sites excluding steroid dienone is 2. The third-order valence-electron chi connectivity index (χ3n) is 6.11. The number of benzene rings is 2. The maximum absolute atomic E-state index is 14.6. The molecule has 0 radical (unpaired) electrons. The van der Waals surface area contributed by atoms with Gasteiger partial charge < -0.3 is 0 Å². The standard InChI is InChI=1S/C26H33F/c1-3-5-6-8-21-11-18-25(26(27)19-21)24-16-14-23(15-17-24)22-12-9-20(7-4-2)10-13-22/h3,5,11,14-20,22H,4,6-10,12-13H2,1-2H3/b5-3+. The Hall–Kier alpha value is -1.89. The van der Waals surface area contributed by atoms with Crippen molar-refractivity contribution < 1.29 is 4.39 Å². The second-order valence-electron chi connectivity index (χ2n) is 8.05. The summed E-state index contributed by atoms with van der Waals surface area (Å²) in [6.45, 7) is 4.31. The summed E-state index contributed by atoms with van der Waals surface area (Å²) in [5.41, 5.74) is 4.19. The Bertz CT molecular complexity index is 733. The van der Waals surface area contributed by atoms with E-state index in [9.17, 15) is 4.39 Å². The smallest absolute Gasteiger partial charge is 0.131 e. The highest BCUT2D eigenvalue weighted by Gasteiger charge is 2.21. The quantitative estimate of drug-likeness (QED) is 0.436. The second-order valence-corrected chi connectivity index (χ2v) is 8.05. The molecule has 0 aliphatic heterocycles. The molecule has 0 saturated heterocycles. The summed E-state index contributed by atoms with van der Waals surface area (Å²) in [6, 6.07) is 14.3. The van der Waals surface area contributed by atoms with Crippen molar-refractivity contribution in [1.82, 2.24) is 0 Å². The second kappa shape index (κ2) is 9.88. The summed E-state index contributed by atoms with van der Waals surface area (Å²) >= 11 is 0. The molecule has 0 spiro atoms.